The fourth-order valence-electron chi connectivity index (χ4n) is 9.93. The molecule has 0 fully saturated rings. The third kappa shape index (κ3) is 4.15. The molecule has 0 unspecified atom stereocenters. The van der Waals surface area contributed by atoms with Gasteiger partial charge in [0.1, 0.15) is 5.58 Å². The Labute approximate surface area is 326 Å². The van der Waals surface area contributed by atoms with E-state index < -0.39 is 0 Å². The van der Waals surface area contributed by atoms with Crippen LogP contribution in [0.1, 0.15) is 0 Å². The molecule has 0 saturated carbocycles. The van der Waals surface area contributed by atoms with Gasteiger partial charge in [-0.25, -0.2) is 0 Å². The van der Waals surface area contributed by atoms with Crippen molar-refractivity contribution in [2.45, 2.75) is 0 Å². The maximum Gasteiger partial charge on any atom is 0.160 e. The molecule has 13 rings (SSSR count). The number of nitrogens with zero attached hydrogens (tertiary/aromatic N) is 2. The number of furan rings is 1. The summed E-state index contributed by atoms with van der Waals surface area (Å²) >= 11 is 0. The lowest BCUT2D eigenvalue weighted by Crippen LogP contribution is -1.96. The van der Waals surface area contributed by atoms with Crippen LogP contribution in [0.3, 0.4) is 0 Å². The van der Waals surface area contributed by atoms with Crippen molar-refractivity contribution in [1.29, 1.82) is 0 Å². The summed E-state index contributed by atoms with van der Waals surface area (Å²) in [5, 5.41) is 14.7. The van der Waals surface area contributed by atoms with Crippen LogP contribution in [0.25, 0.3) is 120 Å². The molecule has 264 valence electrons. The average Bonchev–Trinajstić information content (AvgIpc) is 3.95. The maximum absolute atomic E-state index is 7.05. The molecule has 0 spiro atoms. The first-order valence-corrected chi connectivity index (χ1v) is 19.6. The minimum atomic E-state index is 0.895. The fourth-order valence-corrected chi connectivity index (χ4v) is 9.93. The summed E-state index contributed by atoms with van der Waals surface area (Å²) in [6, 6.07) is 70.5. The van der Waals surface area contributed by atoms with Gasteiger partial charge in [-0.15, -0.1) is 0 Å². The predicted octanol–water partition coefficient (Wildman–Crippen LogP) is 14.9. The fraction of sp³-hybridized carbons (Fsp3) is 0. The molecule has 0 N–H and O–H groups in total. The van der Waals surface area contributed by atoms with Gasteiger partial charge in [0.25, 0.3) is 0 Å². The summed E-state index contributed by atoms with van der Waals surface area (Å²) in [4.78, 5) is 0. The molecule has 0 radical (unpaired) electrons. The molecule has 0 aliphatic rings. The predicted molar refractivity (Wildman–Crippen MR) is 240 cm³/mol. The first kappa shape index (κ1) is 30.7. The van der Waals surface area contributed by atoms with Crippen LogP contribution in [0.2, 0.25) is 0 Å². The van der Waals surface area contributed by atoms with E-state index in [4.69, 9.17) is 4.42 Å². The van der Waals surface area contributed by atoms with E-state index in [0.717, 1.165) is 49.9 Å². The zero-order valence-electron chi connectivity index (χ0n) is 30.8. The molecule has 10 aromatic carbocycles. The Hall–Kier alpha value is -7.62. The van der Waals surface area contributed by atoms with E-state index in [2.05, 4.69) is 203 Å². The molecular weight excluding hydrogens is 693 g/mol. The zero-order chi connectivity index (χ0) is 37.2. The second-order valence-electron chi connectivity index (χ2n) is 15.2. The highest BCUT2D eigenvalue weighted by atomic mass is 16.3. The van der Waals surface area contributed by atoms with Crippen LogP contribution in [0.4, 0.5) is 0 Å². The van der Waals surface area contributed by atoms with Crippen molar-refractivity contribution >= 4 is 97.9 Å². The van der Waals surface area contributed by atoms with E-state index in [0.29, 0.717) is 0 Å². The largest absolute Gasteiger partial charge is 0.454 e. The van der Waals surface area contributed by atoms with Gasteiger partial charge in [-0.3, -0.25) is 0 Å². The second kappa shape index (κ2) is 11.5. The van der Waals surface area contributed by atoms with Crippen molar-refractivity contribution in [1.82, 2.24) is 9.13 Å². The monoisotopic (exact) mass is 724 g/mol. The Morgan fingerprint density at radius 3 is 1.60 bits per heavy atom. The molecular formula is C54H32N2O. The summed E-state index contributed by atoms with van der Waals surface area (Å²) in [5.41, 5.74) is 11.0. The van der Waals surface area contributed by atoms with Crippen molar-refractivity contribution in [3.8, 4) is 22.5 Å². The summed E-state index contributed by atoms with van der Waals surface area (Å²) < 4.78 is 11.9. The number of hydrogen-bond donors (Lipinski definition) is 0. The van der Waals surface area contributed by atoms with E-state index in [1.807, 2.05) is 0 Å². The molecule has 3 nitrogen and oxygen atoms in total. The zero-order valence-corrected chi connectivity index (χ0v) is 30.8. The normalized spacial score (nSPS) is 12.2. The molecule has 3 heterocycles. The molecule has 0 atom stereocenters. The van der Waals surface area contributed by atoms with Crippen molar-refractivity contribution in [3.63, 3.8) is 0 Å². The maximum atomic E-state index is 7.05. The Kier molecular flexibility index (Phi) is 6.16. The molecule has 0 amide bonds. The summed E-state index contributed by atoms with van der Waals surface area (Å²) in [6.45, 7) is 0. The van der Waals surface area contributed by atoms with Crippen molar-refractivity contribution in [2.75, 3.05) is 0 Å². The van der Waals surface area contributed by atoms with Crippen LogP contribution in [-0.2, 0) is 0 Å². The topological polar surface area (TPSA) is 23.0 Å². The lowest BCUT2D eigenvalue weighted by molar-refractivity contribution is 0.671. The SMILES string of the molecule is c1ccc(-n2c3ccccc3c3ccc(-c4cccc(-n5c6ccccc6c6c7c8ccccc8c8ccccc8c7c7c8ccccc8oc7c65)c4)cc32)cc1. The highest BCUT2D eigenvalue weighted by Gasteiger charge is 2.26. The second-order valence-corrected chi connectivity index (χ2v) is 15.2. The van der Waals surface area contributed by atoms with Gasteiger partial charge in [-0.2, -0.15) is 0 Å². The summed E-state index contributed by atoms with van der Waals surface area (Å²) in [7, 11) is 0. The average molecular weight is 725 g/mol. The van der Waals surface area contributed by atoms with Crippen molar-refractivity contribution in [3.05, 3.63) is 194 Å². The molecule has 0 aliphatic heterocycles. The van der Waals surface area contributed by atoms with Crippen LogP contribution in [0, 0.1) is 0 Å². The van der Waals surface area contributed by atoms with Gasteiger partial charge < -0.3 is 13.6 Å². The number of hydrogen-bond acceptors (Lipinski definition) is 1. The van der Waals surface area contributed by atoms with Gasteiger partial charge >= 0.3 is 0 Å². The quantitative estimate of drug-likeness (QED) is 0.166. The minimum Gasteiger partial charge on any atom is -0.454 e. The van der Waals surface area contributed by atoms with Crippen LogP contribution < -0.4 is 0 Å². The highest BCUT2D eigenvalue weighted by Crippen LogP contribution is 2.50. The summed E-state index contributed by atoms with van der Waals surface area (Å²) in [6.07, 6.45) is 0. The van der Waals surface area contributed by atoms with Gasteiger partial charge in [-0.1, -0.05) is 146 Å². The van der Waals surface area contributed by atoms with Gasteiger partial charge in [-0.05, 0) is 81.2 Å². The van der Waals surface area contributed by atoms with Gasteiger partial charge in [0, 0.05) is 54.5 Å². The van der Waals surface area contributed by atoms with Crippen LogP contribution >= 0.6 is 0 Å². The van der Waals surface area contributed by atoms with Crippen molar-refractivity contribution < 1.29 is 4.42 Å². The molecule has 0 aliphatic carbocycles. The van der Waals surface area contributed by atoms with Crippen LogP contribution in [0.5, 0.6) is 0 Å². The summed E-state index contributed by atoms with van der Waals surface area (Å²) in [5.74, 6) is 0. The molecule has 13 aromatic rings. The molecule has 3 aromatic heterocycles. The van der Waals surface area contributed by atoms with Gasteiger partial charge in [0.2, 0.25) is 0 Å². The number of aromatic nitrogens is 2. The van der Waals surface area contributed by atoms with E-state index in [1.165, 1.54) is 70.5 Å². The smallest absolute Gasteiger partial charge is 0.160 e. The van der Waals surface area contributed by atoms with Gasteiger partial charge in [0.15, 0.2) is 5.58 Å². The molecule has 3 heteroatoms. The van der Waals surface area contributed by atoms with E-state index in [-0.39, 0.29) is 0 Å². The number of rotatable bonds is 3. The highest BCUT2D eigenvalue weighted by molar-refractivity contribution is 6.44. The van der Waals surface area contributed by atoms with Crippen molar-refractivity contribution in [2.24, 2.45) is 0 Å². The van der Waals surface area contributed by atoms with E-state index in [1.54, 1.807) is 0 Å². The lowest BCUT2D eigenvalue weighted by Gasteiger charge is -2.15. The van der Waals surface area contributed by atoms with Gasteiger partial charge in [0.05, 0.1) is 22.1 Å². The first-order valence-electron chi connectivity index (χ1n) is 19.6. The number of para-hydroxylation sites is 4. The standard InChI is InChI=1S/C54H32N2O/c1-2-16-35(17-3-1)55-45-26-11-8-21-39(45)40-30-29-34(32-47(40)55)33-15-14-18-36(31-33)56-46-27-12-9-24-43(46)51-49-41-22-6-4-19-37(41)38-20-5-7-23-42(38)50(49)52-44-25-10-13-28-48(44)57-54(52)53(51)56/h1-32H. The van der Waals surface area contributed by atoms with Crippen LogP contribution in [0.15, 0.2) is 199 Å². The Morgan fingerprint density at radius 1 is 0.298 bits per heavy atom. The van der Waals surface area contributed by atoms with E-state index >= 15 is 0 Å². The van der Waals surface area contributed by atoms with Crippen LogP contribution in [-0.4, -0.2) is 9.13 Å². The third-order valence-electron chi connectivity index (χ3n) is 12.2. The van der Waals surface area contributed by atoms with E-state index in [9.17, 15) is 0 Å². The molecule has 0 bridgehead atoms. The minimum absolute atomic E-state index is 0.895. The number of fused-ring (bicyclic) bond motifs is 18. The molecule has 57 heavy (non-hydrogen) atoms. The third-order valence-corrected chi connectivity index (χ3v) is 12.2. The Balaban J connectivity index is 1.16. The first-order chi connectivity index (χ1) is 28.3. The lowest BCUT2D eigenvalue weighted by atomic mass is 9.89. The molecule has 0 saturated heterocycles. The Morgan fingerprint density at radius 2 is 0.842 bits per heavy atom. The number of benzene rings is 10. The Bertz CT molecular complexity index is 3810.